The van der Waals surface area contributed by atoms with E-state index in [0.717, 1.165) is 6.42 Å². The molecule has 0 saturated carbocycles. The van der Waals surface area contributed by atoms with E-state index in [4.69, 9.17) is 14.2 Å². The summed E-state index contributed by atoms with van der Waals surface area (Å²) in [6, 6.07) is 14.9. The second-order valence-electron chi connectivity index (χ2n) is 11.4. The van der Waals surface area contributed by atoms with Crippen LogP contribution in [0.15, 0.2) is 54.6 Å². The van der Waals surface area contributed by atoms with Crippen molar-refractivity contribution in [3.63, 3.8) is 0 Å². The zero-order valence-corrected chi connectivity index (χ0v) is 24.3. The number of likely N-dealkylation sites (tertiary alicyclic amines) is 2. The van der Waals surface area contributed by atoms with Gasteiger partial charge in [-0.2, -0.15) is 0 Å². The lowest BCUT2D eigenvalue weighted by molar-refractivity contribution is -0.145. The maximum atomic E-state index is 13.8. The molecule has 3 amide bonds. The van der Waals surface area contributed by atoms with Crippen molar-refractivity contribution in [3.8, 4) is 11.5 Å². The van der Waals surface area contributed by atoms with E-state index in [1.807, 2.05) is 6.07 Å². The molecule has 2 aliphatic heterocycles. The van der Waals surface area contributed by atoms with E-state index < -0.39 is 29.9 Å². The fourth-order valence-corrected chi connectivity index (χ4v) is 5.36. The Morgan fingerprint density at radius 3 is 2.24 bits per heavy atom. The van der Waals surface area contributed by atoms with Crippen LogP contribution in [-0.2, 0) is 14.3 Å². The molecule has 222 valence electrons. The van der Waals surface area contributed by atoms with Crippen molar-refractivity contribution in [2.75, 3.05) is 38.3 Å². The van der Waals surface area contributed by atoms with Crippen LogP contribution < -0.4 is 14.4 Å². The minimum Gasteiger partial charge on any atom is -0.497 e. The second kappa shape index (κ2) is 13.2. The number of carbonyl (C=O) groups is 3. The van der Waals surface area contributed by atoms with Crippen molar-refractivity contribution in [3.05, 3.63) is 54.6 Å². The number of amides is 3. The van der Waals surface area contributed by atoms with E-state index in [2.05, 4.69) is 0 Å². The zero-order valence-electron chi connectivity index (χ0n) is 24.3. The molecular weight excluding hydrogens is 526 g/mol. The topological polar surface area (TPSA) is 109 Å². The van der Waals surface area contributed by atoms with Gasteiger partial charge in [-0.25, -0.2) is 4.79 Å². The lowest BCUT2D eigenvalue weighted by Gasteiger charge is -2.34. The Hall–Kier alpha value is -3.79. The molecular formula is C31H41N3O7. The van der Waals surface area contributed by atoms with Crippen LogP contribution in [0.4, 0.5) is 10.5 Å². The van der Waals surface area contributed by atoms with E-state index in [-0.39, 0.29) is 25.0 Å². The smallest absolute Gasteiger partial charge is 0.415 e. The molecule has 10 nitrogen and oxygen atoms in total. The predicted octanol–water partition coefficient (Wildman–Crippen LogP) is 3.86. The molecule has 0 spiro atoms. The Bertz CT molecular complexity index is 1180. The van der Waals surface area contributed by atoms with E-state index in [1.54, 1.807) is 86.2 Å². The number of aliphatic hydroxyl groups is 1. The summed E-state index contributed by atoms with van der Waals surface area (Å²) >= 11 is 0. The van der Waals surface area contributed by atoms with Gasteiger partial charge in [0, 0.05) is 18.8 Å². The molecule has 2 aliphatic rings. The third-order valence-electron chi connectivity index (χ3n) is 7.34. The van der Waals surface area contributed by atoms with Gasteiger partial charge in [0.15, 0.2) is 0 Å². The fourth-order valence-electron chi connectivity index (χ4n) is 5.36. The Balaban J connectivity index is 1.41. The SMILES string of the molecule is COc1ccc(OCC(O)[C@@H]2CCCN2C(=O)[C@H]2CCCN2C(=O)CN(C(=O)OC(C)(C)C)c2ccccc2)cc1. The number of carbonyl (C=O) groups excluding carboxylic acids is 3. The number of ether oxygens (including phenoxy) is 3. The first-order valence-electron chi connectivity index (χ1n) is 14.2. The van der Waals surface area contributed by atoms with Crippen molar-refractivity contribution in [1.82, 2.24) is 9.80 Å². The van der Waals surface area contributed by atoms with Crippen LogP contribution in [0.5, 0.6) is 11.5 Å². The Morgan fingerprint density at radius 1 is 0.951 bits per heavy atom. The van der Waals surface area contributed by atoms with Crippen molar-refractivity contribution in [1.29, 1.82) is 0 Å². The van der Waals surface area contributed by atoms with Gasteiger partial charge >= 0.3 is 6.09 Å². The Kier molecular flexibility index (Phi) is 9.75. The van der Waals surface area contributed by atoms with E-state index >= 15 is 0 Å². The zero-order chi connectivity index (χ0) is 29.6. The molecule has 3 atom stereocenters. The first-order valence-corrected chi connectivity index (χ1v) is 14.2. The van der Waals surface area contributed by atoms with Crippen LogP contribution >= 0.6 is 0 Å². The van der Waals surface area contributed by atoms with Gasteiger partial charge in [0.2, 0.25) is 11.8 Å². The quantitative estimate of drug-likeness (QED) is 0.490. The minimum absolute atomic E-state index is 0.0377. The summed E-state index contributed by atoms with van der Waals surface area (Å²) in [7, 11) is 1.59. The first kappa shape index (κ1) is 30.2. The highest BCUT2D eigenvalue weighted by Crippen LogP contribution is 2.28. The maximum absolute atomic E-state index is 13.8. The summed E-state index contributed by atoms with van der Waals surface area (Å²) in [6.07, 6.45) is 1.12. The van der Waals surface area contributed by atoms with Gasteiger partial charge in [0.05, 0.1) is 13.2 Å². The molecule has 2 saturated heterocycles. The third-order valence-corrected chi connectivity index (χ3v) is 7.34. The molecule has 2 aromatic carbocycles. The summed E-state index contributed by atoms with van der Waals surface area (Å²) in [6.45, 7) is 6.04. The molecule has 41 heavy (non-hydrogen) atoms. The van der Waals surface area contributed by atoms with Gasteiger partial charge in [-0.15, -0.1) is 0 Å². The summed E-state index contributed by atoms with van der Waals surface area (Å²) in [5.74, 6) is 0.806. The van der Waals surface area contributed by atoms with Crippen molar-refractivity contribution in [2.45, 2.75) is 70.2 Å². The molecule has 0 bridgehead atoms. The van der Waals surface area contributed by atoms with Gasteiger partial charge in [-0.05, 0) is 82.9 Å². The van der Waals surface area contributed by atoms with Gasteiger partial charge in [0.25, 0.3) is 0 Å². The molecule has 2 heterocycles. The molecule has 2 fully saturated rings. The standard InChI is InChI=1S/C31H41N3O7/c1-31(2,3)41-30(38)34(22-10-6-5-7-11-22)20-28(36)32-18-9-13-26(32)29(37)33-19-8-12-25(33)27(35)21-40-24-16-14-23(39-4)15-17-24/h5-7,10-11,14-17,25-27,35H,8-9,12-13,18-21H2,1-4H3/t25-,26+,27?/m0/s1. The molecule has 1 N–H and O–H groups in total. The van der Waals surface area contributed by atoms with Gasteiger partial charge in [-0.1, -0.05) is 18.2 Å². The Morgan fingerprint density at radius 2 is 1.59 bits per heavy atom. The minimum atomic E-state index is -0.880. The average molecular weight is 568 g/mol. The van der Waals surface area contributed by atoms with Gasteiger partial charge < -0.3 is 29.1 Å². The van der Waals surface area contributed by atoms with E-state index in [1.165, 1.54) is 4.90 Å². The molecule has 0 aromatic heterocycles. The first-order chi connectivity index (χ1) is 19.6. The monoisotopic (exact) mass is 567 g/mol. The lowest BCUT2D eigenvalue weighted by Crippen LogP contribution is -2.54. The summed E-state index contributed by atoms with van der Waals surface area (Å²) < 4.78 is 16.5. The molecule has 2 aromatic rings. The molecule has 0 radical (unpaired) electrons. The number of benzene rings is 2. The lowest BCUT2D eigenvalue weighted by atomic mass is 10.1. The normalized spacial score (nSPS) is 19.5. The molecule has 4 rings (SSSR count). The number of anilines is 1. The summed E-state index contributed by atoms with van der Waals surface area (Å²) in [5, 5.41) is 11.0. The maximum Gasteiger partial charge on any atom is 0.415 e. The Labute approximate surface area is 241 Å². The summed E-state index contributed by atoms with van der Waals surface area (Å²) in [5.41, 5.74) is -0.195. The van der Waals surface area contributed by atoms with E-state index in [0.29, 0.717) is 49.5 Å². The number of para-hydroxylation sites is 1. The molecule has 1 unspecified atom stereocenters. The highest BCUT2D eigenvalue weighted by Gasteiger charge is 2.42. The van der Waals surface area contributed by atoms with Crippen LogP contribution in [0.2, 0.25) is 0 Å². The number of hydrogen-bond acceptors (Lipinski definition) is 7. The highest BCUT2D eigenvalue weighted by molar-refractivity contribution is 5.97. The fraction of sp³-hybridized carbons (Fsp3) is 0.516. The van der Waals surface area contributed by atoms with Crippen molar-refractivity contribution in [2.24, 2.45) is 0 Å². The van der Waals surface area contributed by atoms with Crippen molar-refractivity contribution >= 4 is 23.6 Å². The number of aliphatic hydroxyl groups excluding tert-OH is 1. The second-order valence-corrected chi connectivity index (χ2v) is 11.4. The summed E-state index contributed by atoms with van der Waals surface area (Å²) in [4.78, 5) is 45.0. The van der Waals surface area contributed by atoms with Gasteiger partial charge in [0.1, 0.15) is 42.4 Å². The molecule has 0 aliphatic carbocycles. The van der Waals surface area contributed by atoms with E-state index in [9.17, 15) is 19.5 Å². The number of nitrogens with zero attached hydrogens (tertiary/aromatic N) is 3. The van der Waals surface area contributed by atoms with Crippen LogP contribution in [0.1, 0.15) is 46.5 Å². The van der Waals surface area contributed by atoms with Crippen molar-refractivity contribution < 1.29 is 33.7 Å². The average Bonchev–Trinajstić information content (AvgIpc) is 3.65. The van der Waals surface area contributed by atoms with Gasteiger partial charge in [-0.3, -0.25) is 14.5 Å². The van der Waals surface area contributed by atoms with Crippen LogP contribution in [-0.4, -0.2) is 90.0 Å². The third kappa shape index (κ3) is 7.70. The number of hydrogen-bond donors (Lipinski definition) is 1. The predicted molar refractivity (Wildman–Crippen MR) is 154 cm³/mol. The highest BCUT2D eigenvalue weighted by atomic mass is 16.6. The van der Waals surface area contributed by atoms with Crippen LogP contribution in [0.25, 0.3) is 0 Å². The largest absolute Gasteiger partial charge is 0.497 e. The van der Waals surface area contributed by atoms with Crippen LogP contribution in [0.3, 0.4) is 0 Å². The number of methoxy groups -OCH3 is 1. The number of rotatable bonds is 9. The van der Waals surface area contributed by atoms with Crippen LogP contribution in [0, 0.1) is 0 Å². The molecule has 10 heteroatoms.